The number of carbonyl (C=O) groups excluding carboxylic acids is 1. The molecule has 124 valence electrons. The molecule has 9 heteroatoms. The number of carbonyl (C=O) groups is 1. The molecule has 0 atom stereocenters. The Hall–Kier alpha value is -3.80. The van der Waals surface area contributed by atoms with Crippen molar-refractivity contribution in [3.8, 4) is 23.4 Å². The zero-order valence-corrected chi connectivity index (χ0v) is 12.9. The van der Waals surface area contributed by atoms with E-state index in [4.69, 9.17) is 9.78 Å². The summed E-state index contributed by atoms with van der Waals surface area (Å²) < 4.78 is 5.01. The van der Waals surface area contributed by atoms with E-state index in [-0.39, 0.29) is 41.1 Å². The van der Waals surface area contributed by atoms with Crippen LogP contribution in [0.2, 0.25) is 0 Å². The normalized spacial score (nSPS) is 10.2. The van der Waals surface area contributed by atoms with E-state index in [1.54, 1.807) is 18.5 Å². The molecule has 0 aromatic carbocycles. The topological polar surface area (TPSA) is 138 Å². The van der Waals surface area contributed by atoms with E-state index in [2.05, 4.69) is 25.4 Å². The van der Waals surface area contributed by atoms with Crippen LogP contribution >= 0.6 is 0 Å². The minimum absolute atomic E-state index is 0.0305. The van der Waals surface area contributed by atoms with Gasteiger partial charge in [0.2, 0.25) is 5.91 Å². The highest BCUT2D eigenvalue weighted by atomic mass is 16.5. The highest BCUT2D eigenvalue weighted by molar-refractivity contribution is 5.77. The second kappa shape index (κ2) is 7.18. The van der Waals surface area contributed by atoms with Gasteiger partial charge in [0.05, 0.1) is 12.0 Å². The van der Waals surface area contributed by atoms with Crippen molar-refractivity contribution in [1.82, 2.24) is 25.4 Å². The van der Waals surface area contributed by atoms with E-state index in [9.17, 15) is 9.90 Å². The molecular weight excluding hydrogens is 324 g/mol. The number of nitrogens with one attached hydrogen (secondary N) is 1. The van der Waals surface area contributed by atoms with Gasteiger partial charge in [0.15, 0.2) is 11.5 Å². The van der Waals surface area contributed by atoms with E-state index in [0.717, 1.165) is 5.56 Å². The number of aromatic nitrogens is 4. The molecule has 25 heavy (non-hydrogen) atoms. The van der Waals surface area contributed by atoms with E-state index < -0.39 is 0 Å². The van der Waals surface area contributed by atoms with Crippen molar-refractivity contribution in [3.05, 3.63) is 53.7 Å². The van der Waals surface area contributed by atoms with Crippen molar-refractivity contribution in [3.63, 3.8) is 0 Å². The summed E-state index contributed by atoms with van der Waals surface area (Å²) >= 11 is 0. The second-order valence-electron chi connectivity index (χ2n) is 5.03. The maximum absolute atomic E-state index is 11.9. The molecule has 0 aliphatic carbocycles. The Morgan fingerprint density at radius 2 is 2.28 bits per heavy atom. The molecule has 0 saturated heterocycles. The fourth-order valence-electron chi connectivity index (χ4n) is 2.01. The van der Waals surface area contributed by atoms with E-state index >= 15 is 0 Å². The lowest BCUT2D eigenvalue weighted by molar-refractivity contribution is -0.120. The van der Waals surface area contributed by atoms with Crippen molar-refractivity contribution >= 4 is 5.91 Å². The Morgan fingerprint density at radius 3 is 3.00 bits per heavy atom. The van der Waals surface area contributed by atoms with Crippen LogP contribution in [0.1, 0.15) is 17.0 Å². The summed E-state index contributed by atoms with van der Waals surface area (Å²) in [6.07, 6.45) is 4.51. The number of amides is 1. The predicted molar refractivity (Wildman–Crippen MR) is 83.7 cm³/mol. The highest BCUT2D eigenvalue weighted by Gasteiger charge is 2.16. The number of aromatic hydroxyl groups is 1. The fraction of sp³-hybridized carbons (Fsp3) is 0.125. The summed E-state index contributed by atoms with van der Waals surface area (Å²) in [4.78, 5) is 23.8. The van der Waals surface area contributed by atoms with Gasteiger partial charge in [-0.1, -0.05) is 11.2 Å². The van der Waals surface area contributed by atoms with Gasteiger partial charge in [-0.3, -0.25) is 9.78 Å². The molecule has 3 aromatic heterocycles. The number of nitriles is 1. The summed E-state index contributed by atoms with van der Waals surface area (Å²) in [7, 11) is 0. The summed E-state index contributed by atoms with van der Waals surface area (Å²) in [5, 5.41) is 25.0. The van der Waals surface area contributed by atoms with Crippen LogP contribution in [0, 0.1) is 11.3 Å². The monoisotopic (exact) mass is 336 g/mol. The molecule has 0 aliphatic heterocycles. The molecule has 0 aliphatic rings. The first kappa shape index (κ1) is 16.1. The van der Waals surface area contributed by atoms with Crippen molar-refractivity contribution in [2.24, 2.45) is 0 Å². The summed E-state index contributed by atoms with van der Waals surface area (Å²) in [6, 6.07) is 6.73. The van der Waals surface area contributed by atoms with Gasteiger partial charge in [-0.25, -0.2) is 4.98 Å². The quantitative estimate of drug-likeness (QED) is 0.702. The third kappa shape index (κ3) is 3.94. The SMILES string of the molecule is N#Cc1cnc(-c2nc(CC(=O)NCc3cccnc3)no2)c(O)c1. The second-order valence-corrected chi connectivity index (χ2v) is 5.03. The molecule has 3 aromatic rings. The van der Waals surface area contributed by atoms with Crippen LogP contribution in [0.25, 0.3) is 11.6 Å². The van der Waals surface area contributed by atoms with Crippen LogP contribution in [0.5, 0.6) is 5.75 Å². The van der Waals surface area contributed by atoms with Crippen LogP contribution in [0.4, 0.5) is 0 Å². The number of pyridine rings is 2. The smallest absolute Gasteiger partial charge is 0.280 e. The molecular formula is C16H12N6O3. The summed E-state index contributed by atoms with van der Waals surface area (Å²) in [5.41, 5.74) is 1.13. The summed E-state index contributed by atoms with van der Waals surface area (Å²) in [5.74, 6) is -0.412. The Labute approximate surface area is 142 Å². The highest BCUT2D eigenvalue weighted by Crippen LogP contribution is 2.25. The fourth-order valence-corrected chi connectivity index (χ4v) is 2.01. The van der Waals surface area contributed by atoms with Crippen LogP contribution in [0.3, 0.4) is 0 Å². The molecule has 3 rings (SSSR count). The Morgan fingerprint density at radius 1 is 1.40 bits per heavy atom. The van der Waals surface area contributed by atoms with Crippen molar-refractivity contribution in [2.45, 2.75) is 13.0 Å². The van der Waals surface area contributed by atoms with E-state index in [1.165, 1.54) is 12.3 Å². The first-order valence-electron chi connectivity index (χ1n) is 7.23. The maximum Gasteiger partial charge on any atom is 0.280 e. The van der Waals surface area contributed by atoms with Gasteiger partial charge < -0.3 is 14.9 Å². The van der Waals surface area contributed by atoms with Crippen LogP contribution in [0.15, 0.2) is 41.3 Å². The standard InChI is InChI=1S/C16H12N6O3/c17-6-11-4-12(23)15(20-9-11)16-21-13(22-25-16)5-14(24)19-8-10-2-1-3-18-7-10/h1-4,7,9,23H,5,8H2,(H,19,24). The first-order chi connectivity index (χ1) is 12.2. The van der Waals surface area contributed by atoms with Crippen LogP contribution in [-0.2, 0) is 17.8 Å². The van der Waals surface area contributed by atoms with Gasteiger partial charge in [0.25, 0.3) is 5.89 Å². The molecule has 0 bridgehead atoms. The molecule has 9 nitrogen and oxygen atoms in total. The lowest BCUT2D eigenvalue weighted by Gasteiger charge is -2.02. The number of hydrogen-bond acceptors (Lipinski definition) is 8. The molecule has 0 saturated carbocycles. The lowest BCUT2D eigenvalue weighted by Crippen LogP contribution is -2.25. The van der Waals surface area contributed by atoms with E-state index in [1.807, 2.05) is 12.1 Å². The average Bonchev–Trinajstić information content (AvgIpc) is 3.08. The van der Waals surface area contributed by atoms with Gasteiger partial charge in [-0.05, 0) is 11.6 Å². The predicted octanol–water partition coefficient (Wildman–Crippen LogP) is 0.963. The Kier molecular flexibility index (Phi) is 4.62. The minimum atomic E-state index is -0.284. The van der Waals surface area contributed by atoms with Gasteiger partial charge in [0, 0.05) is 31.2 Å². The first-order valence-corrected chi connectivity index (χ1v) is 7.23. The van der Waals surface area contributed by atoms with Gasteiger partial charge in [0.1, 0.15) is 11.8 Å². The number of rotatable bonds is 5. The molecule has 0 radical (unpaired) electrons. The molecule has 2 N–H and O–H groups in total. The molecule has 0 fully saturated rings. The third-order valence-electron chi connectivity index (χ3n) is 3.20. The van der Waals surface area contributed by atoms with Gasteiger partial charge >= 0.3 is 0 Å². The summed E-state index contributed by atoms with van der Waals surface area (Å²) in [6.45, 7) is 0.343. The lowest BCUT2D eigenvalue weighted by atomic mass is 10.2. The Balaban J connectivity index is 1.63. The van der Waals surface area contributed by atoms with Crippen LogP contribution < -0.4 is 5.32 Å². The molecule has 1 amide bonds. The number of hydrogen-bond donors (Lipinski definition) is 2. The van der Waals surface area contributed by atoms with E-state index in [0.29, 0.717) is 6.54 Å². The van der Waals surface area contributed by atoms with Crippen molar-refractivity contribution < 1.29 is 14.4 Å². The maximum atomic E-state index is 11.9. The third-order valence-corrected chi connectivity index (χ3v) is 3.20. The van der Waals surface area contributed by atoms with Gasteiger partial charge in [-0.2, -0.15) is 10.2 Å². The molecule has 3 heterocycles. The molecule has 0 spiro atoms. The van der Waals surface area contributed by atoms with Crippen molar-refractivity contribution in [2.75, 3.05) is 0 Å². The molecule has 0 unspecified atom stereocenters. The van der Waals surface area contributed by atoms with Crippen LogP contribution in [-0.4, -0.2) is 31.1 Å². The largest absolute Gasteiger partial charge is 0.505 e. The average molecular weight is 336 g/mol. The van der Waals surface area contributed by atoms with Gasteiger partial charge in [-0.15, -0.1) is 0 Å². The Bertz CT molecular complexity index is 933. The zero-order valence-electron chi connectivity index (χ0n) is 12.9. The zero-order chi connectivity index (χ0) is 17.6. The number of nitrogens with zero attached hydrogens (tertiary/aromatic N) is 5. The minimum Gasteiger partial charge on any atom is -0.505 e. The van der Waals surface area contributed by atoms with Crippen molar-refractivity contribution in [1.29, 1.82) is 5.26 Å².